The van der Waals surface area contributed by atoms with E-state index < -0.39 is 0 Å². The molecule has 134 valence electrons. The number of aliphatic hydroxyl groups is 1. The second-order valence-corrected chi connectivity index (χ2v) is 6.27. The number of carbonyl (C=O) groups excluding carboxylic acids is 1. The molecule has 0 saturated carbocycles. The molecule has 0 aliphatic rings. The second-order valence-electron chi connectivity index (χ2n) is 6.27. The van der Waals surface area contributed by atoms with Crippen molar-refractivity contribution in [2.24, 2.45) is 0 Å². The van der Waals surface area contributed by atoms with E-state index in [0.29, 0.717) is 12.1 Å². The topological polar surface area (TPSA) is 58.4 Å². The van der Waals surface area contributed by atoms with E-state index >= 15 is 0 Å². The Morgan fingerprint density at radius 1 is 1.15 bits per heavy atom. The zero-order valence-electron chi connectivity index (χ0n) is 15.1. The third kappa shape index (κ3) is 3.68. The summed E-state index contributed by atoms with van der Waals surface area (Å²) in [6.45, 7) is 4.57. The molecule has 0 bridgehead atoms. The van der Waals surface area contributed by atoms with Gasteiger partial charge in [-0.05, 0) is 43.7 Å². The first-order valence-corrected chi connectivity index (χ1v) is 8.65. The van der Waals surface area contributed by atoms with Crippen LogP contribution in [0.15, 0.2) is 60.9 Å². The van der Waals surface area contributed by atoms with Crippen molar-refractivity contribution in [1.82, 2.24) is 14.5 Å². The molecule has 26 heavy (non-hydrogen) atoms. The molecular formula is C21H23N3O2. The number of aromatic nitrogens is 2. The summed E-state index contributed by atoms with van der Waals surface area (Å²) in [4.78, 5) is 18.9. The number of para-hydroxylation sites is 1. The lowest BCUT2D eigenvalue weighted by atomic mass is 10.2. The van der Waals surface area contributed by atoms with E-state index in [1.54, 1.807) is 17.3 Å². The number of pyridine rings is 1. The highest BCUT2D eigenvalue weighted by Gasteiger charge is 2.22. The van der Waals surface area contributed by atoms with Crippen molar-refractivity contribution in [3.8, 4) is 5.69 Å². The van der Waals surface area contributed by atoms with Crippen LogP contribution in [0, 0.1) is 13.8 Å². The molecule has 1 N–H and O–H groups in total. The summed E-state index contributed by atoms with van der Waals surface area (Å²) in [6.07, 6.45) is 3.44. The molecule has 3 aromatic rings. The number of aryl methyl sites for hydroxylation is 1. The van der Waals surface area contributed by atoms with Crippen LogP contribution in [0.1, 0.15) is 27.3 Å². The Balaban J connectivity index is 1.93. The summed E-state index contributed by atoms with van der Waals surface area (Å²) in [5.41, 5.74) is 4.52. The quantitative estimate of drug-likeness (QED) is 0.744. The van der Waals surface area contributed by atoms with Crippen LogP contribution in [-0.2, 0) is 6.54 Å². The number of aliphatic hydroxyl groups excluding tert-OH is 1. The van der Waals surface area contributed by atoms with E-state index in [0.717, 1.165) is 22.6 Å². The molecule has 0 fully saturated rings. The Hall–Kier alpha value is -2.92. The fraction of sp³-hybridized carbons (Fsp3) is 0.238. The van der Waals surface area contributed by atoms with Crippen LogP contribution in [0.3, 0.4) is 0 Å². The Labute approximate surface area is 153 Å². The van der Waals surface area contributed by atoms with Gasteiger partial charge >= 0.3 is 0 Å². The van der Waals surface area contributed by atoms with Crippen LogP contribution >= 0.6 is 0 Å². The van der Waals surface area contributed by atoms with Crippen molar-refractivity contribution in [1.29, 1.82) is 0 Å². The maximum atomic E-state index is 13.1. The molecule has 0 radical (unpaired) electrons. The van der Waals surface area contributed by atoms with Crippen molar-refractivity contribution in [2.75, 3.05) is 13.2 Å². The Morgan fingerprint density at radius 2 is 1.92 bits per heavy atom. The minimum Gasteiger partial charge on any atom is -0.395 e. The van der Waals surface area contributed by atoms with Gasteiger partial charge in [-0.2, -0.15) is 0 Å². The van der Waals surface area contributed by atoms with E-state index in [1.165, 1.54) is 0 Å². The first-order valence-electron chi connectivity index (χ1n) is 8.65. The largest absolute Gasteiger partial charge is 0.395 e. The molecule has 0 unspecified atom stereocenters. The first-order chi connectivity index (χ1) is 12.6. The molecule has 2 heterocycles. The van der Waals surface area contributed by atoms with Gasteiger partial charge in [0.2, 0.25) is 0 Å². The van der Waals surface area contributed by atoms with Crippen molar-refractivity contribution >= 4 is 5.91 Å². The number of nitrogens with zero attached hydrogens (tertiary/aromatic N) is 3. The molecule has 1 aromatic carbocycles. The van der Waals surface area contributed by atoms with Gasteiger partial charge in [0.05, 0.1) is 12.2 Å². The third-order valence-corrected chi connectivity index (χ3v) is 4.43. The summed E-state index contributed by atoms with van der Waals surface area (Å²) >= 11 is 0. The second kappa shape index (κ2) is 7.97. The Morgan fingerprint density at radius 3 is 2.58 bits per heavy atom. The summed E-state index contributed by atoms with van der Waals surface area (Å²) in [6, 6.07) is 15.7. The lowest BCUT2D eigenvalue weighted by molar-refractivity contribution is 0.0707. The monoisotopic (exact) mass is 349 g/mol. The van der Waals surface area contributed by atoms with Crippen molar-refractivity contribution in [3.05, 3.63) is 83.4 Å². The minimum absolute atomic E-state index is 0.0799. The molecule has 0 saturated heterocycles. The molecule has 3 rings (SSSR count). The predicted octanol–water partition coefficient (Wildman–Crippen LogP) is 3.12. The molecule has 5 heteroatoms. The average Bonchev–Trinajstić information content (AvgIpc) is 2.96. The summed E-state index contributed by atoms with van der Waals surface area (Å²) in [5.74, 6) is -0.0850. The number of carbonyl (C=O) groups is 1. The lowest BCUT2D eigenvalue weighted by Gasteiger charge is -2.22. The molecule has 0 aliphatic carbocycles. The van der Waals surface area contributed by atoms with Gasteiger partial charge in [-0.1, -0.05) is 24.3 Å². The fourth-order valence-corrected chi connectivity index (χ4v) is 3.21. The minimum atomic E-state index is -0.0850. The van der Waals surface area contributed by atoms with Gasteiger partial charge in [0.15, 0.2) is 0 Å². The predicted molar refractivity (Wildman–Crippen MR) is 101 cm³/mol. The van der Waals surface area contributed by atoms with Gasteiger partial charge in [-0.15, -0.1) is 0 Å². The third-order valence-electron chi connectivity index (χ3n) is 4.43. The van der Waals surface area contributed by atoms with E-state index in [9.17, 15) is 9.90 Å². The van der Waals surface area contributed by atoms with Gasteiger partial charge in [-0.25, -0.2) is 0 Å². The fourth-order valence-electron chi connectivity index (χ4n) is 3.21. The van der Waals surface area contributed by atoms with E-state index in [1.807, 2.05) is 62.4 Å². The lowest BCUT2D eigenvalue weighted by Crippen LogP contribution is -2.33. The molecular weight excluding hydrogens is 326 g/mol. The molecule has 1 amide bonds. The highest BCUT2D eigenvalue weighted by Crippen LogP contribution is 2.22. The van der Waals surface area contributed by atoms with E-state index in [4.69, 9.17) is 0 Å². The smallest absolute Gasteiger partial charge is 0.256 e. The zero-order valence-corrected chi connectivity index (χ0v) is 15.1. The summed E-state index contributed by atoms with van der Waals surface area (Å²) in [5, 5.41) is 9.40. The summed E-state index contributed by atoms with van der Waals surface area (Å²) in [7, 11) is 0. The van der Waals surface area contributed by atoms with E-state index in [2.05, 4.69) is 9.55 Å². The average molecular weight is 349 g/mol. The Bertz CT molecular complexity index is 873. The van der Waals surface area contributed by atoms with Crippen molar-refractivity contribution in [2.45, 2.75) is 20.4 Å². The van der Waals surface area contributed by atoms with Crippen molar-refractivity contribution < 1.29 is 9.90 Å². The number of hydrogen-bond acceptors (Lipinski definition) is 3. The van der Waals surface area contributed by atoms with Crippen LogP contribution in [0.4, 0.5) is 0 Å². The standard InChI is InChI=1S/C21H23N3O2/c1-16-13-20(17(2)24(16)19-8-4-3-5-9-19)21(26)23(11-12-25)15-18-7-6-10-22-14-18/h3-10,13-14,25H,11-12,15H2,1-2H3. The number of benzene rings is 1. The zero-order chi connectivity index (χ0) is 18.5. The van der Waals surface area contributed by atoms with Gasteiger partial charge in [-0.3, -0.25) is 9.78 Å². The Kier molecular flexibility index (Phi) is 5.49. The SMILES string of the molecule is Cc1cc(C(=O)N(CCO)Cc2cccnc2)c(C)n1-c1ccccc1. The highest BCUT2D eigenvalue weighted by atomic mass is 16.3. The van der Waals surface area contributed by atoms with Crippen molar-refractivity contribution in [3.63, 3.8) is 0 Å². The number of amides is 1. The van der Waals surface area contributed by atoms with Crippen LogP contribution in [-0.4, -0.2) is 38.6 Å². The molecule has 5 nitrogen and oxygen atoms in total. The number of hydrogen-bond donors (Lipinski definition) is 1. The molecule has 0 aliphatic heterocycles. The maximum Gasteiger partial charge on any atom is 0.256 e. The first kappa shape index (κ1) is 17.9. The van der Waals surface area contributed by atoms with E-state index in [-0.39, 0.29) is 19.1 Å². The number of rotatable bonds is 6. The maximum absolute atomic E-state index is 13.1. The normalized spacial score (nSPS) is 10.7. The molecule has 2 aromatic heterocycles. The van der Waals surface area contributed by atoms with Crippen LogP contribution in [0.2, 0.25) is 0 Å². The van der Waals surface area contributed by atoms with Crippen LogP contribution in [0.25, 0.3) is 5.69 Å². The molecule has 0 spiro atoms. The van der Waals surface area contributed by atoms with Gasteiger partial charge in [0.25, 0.3) is 5.91 Å². The summed E-state index contributed by atoms with van der Waals surface area (Å²) < 4.78 is 2.08. The molecule has 0 atom stereocenters. The van der Waals surface area contributed by atoms with Gasteiger partial charge < -0.3 is 14.6 Å². The van der Waals surface area contributed by atoms with Gasteiger partial charge in [0, 0.05) is 42.6 Å². The highest BCUT2D eigenvalue weighted by molar-refractivity contribution is 5.96. The van der Waals surface area contributed by atoms with Crippen LogP contribution in [0.5, 0.6) is 0 Å². The van der Waals surface area contributed by atoms with Crippen LogP contribution < -0.4 is 0 Å². The van der Waals surface area contributed by atoms with Gasteiger partial charge in [0.1, 0.15) is 0 Å².